The van der Waals surface area contributed by atoms with Crippen molar-refractivity contribution in [3.63, 3.8) is 0 Å². The van der Waals surface area contributed by atoms with E-state index in [9.17, 15) is 13.2 Å². The number of ether oxygens (including phenoxy) is 1. The lowest BCUT2D eigenvalue weighted by atomic mass is 10.1. The Kier molecular flexibility index (Phi) is 4.07. The van der Waals surface area contributed by atoms with Crippen LogP contribution in [0.5, 0.6) is 5.75 Å². The molecule has 136 valence electrons. The molecule has 0 aliphatic heterocycles. The quantitative estimate of drug-likeness (QED) is 0.505. The zero-order valence-corrected chi connectivity index (χ0v) is 14.2. The number of alkyl halides is 3. The molecule has 0 fully saturated rings. The molecule has 0 aliphatic rings. The lowest BCUT2D eigenvalue weighted by Crippen LogP contribution is -2.08. The van der Waals surface area contributed by atoms with Crippen LogP contribution in [0.1, 0.15) is 5.69 Å². The van der Waals surface area contributed by atoms with Crippen molar-refractivity contribution in [3.8, 4) is 28.4 Å². The normalized spacial score (nSPS) is 11.7. The first kappa shape index (κ1) is 17.1. The number of benzene rings is 1. The van der Waals surface area contributed by atoms with Gasteiger partial charge in [0.05, 0.1) is 18.5 Å². The highest BCUT2D eigenvalue weighted by molar-refractivity contribution is 5.69. The average Bonchev–Trinajstić information content (AvgIpc) is 3.08. The van der Waals surface area contributed by atoms with Crippen LogP contribution in [0.25, 0.3) is 28.3 Å². The Morgan fingerprint density at radius 2 is 1.59 bits per heavy atom. The summed E-state index contributed by atoms with van der Waals surface area (Å²) in [6.07, 6.45) is -3.03. The van der Waals surface area contributed by atoms with Gasteiger partial charge in [-0.15, -0.1) is 0 Å². The summed E-state index contributed by atoms with van der Waals surface area (Å²) in [7, 11) is 1.57. The van der Waals surface area contributed by atoms with E-state index in [0.717, 1.165) is 5.56 Å². The molecule has 0 unspecified atom stereocenters. The maximum absolute atomic E-state index is 13.6. The molecule has 0 atom stereocenters. The smallest absolute Gasteiger partial charge is 0.435 e. The lowest BCUT2D eigenvalue weighted by molar-refractivity contribution is -0.140. The molecule has 4 nitrogen and oxygen atoms in total. The van der Waals surface area contributed by atoms with Crippen molar-refractivity contribution in [3.05, 3.63) is 72.6 Å². The predicted octanol–water partition coefficient (Wildman–Crippen LogP) is 5.09. The van der Waals surface area contributed by atoms with Gasteiger partial charge in [0, 0.05) is 11.8 Å². The van der Waals surface area contributed by atoms with Gasteiger partial charge < -0.3 is 4.74 Å². The van der Waals surface area contributed by atoms with Gasteiger partial charge in [-0.1, -0.05) is 12.1 Å². The zero-order valence-electron chi connectivity index (χ0n) is 14.2. The largest absolute Gasteiger partial charge is 0.497 e. The van der Waals surface area contributed by atoms with Crippen LogP contribution in [0.15, 0.2) is 66.9 Å². The van der Waals surface area contributed by atoms with Crippen molar-refractivity contribution in [2.24, 2.45) is 0 Å². The SMILES string of the molecule is COc1ccc(-c2cccc(-c3c(C(F)(F)F)nc4ccccn34)n2)cc1. The Morgan fingerprint density at radius 3 is 2.30 bits per heavy atom. The van der Waals surface area contributed by atoms with Gasteiger partial charge in [-0.3, -0.25) is 4.40 Å². The van der Waals surface area contributed by atoms with Crippen LogP contribution in [-0.4, -0.2) is 21.5 Å². The molecule has 0 radical (unpaired) electrons. The van der Waals surface area contributed by atoms with Crippen molar-refractivity contribution in [1.82, 2.24) is 14.4 Å². The van der Waals surface area contributed by atoms with Crippen LogP contribution in [0.3, 0.4) is 0 Å². The van der Waals surface area contributed by atoms with Crippen LogP contribution in [0.4, 0.5) is 13.2 Å². The molecule has 1 aromatic carbocycles. The summed E-state index contributed by atoms with van der Waals surface area (Å²) in [5.74, 6) is 0.691. The van der Waals surface area contributed by atoms with Gasteiger partial charge in [-0.25, -0.2) is 9.97 Å². The molecule has 0 saturated carbocycles. The fourth-order valence-electron chi connectivity index (χ4n) is 2.93. The number of hydrogen-bond acceptors (Lipinski definition) is 3. The number of aromatic nitrogens is 3. The third kappa shape index (κ3) is 3.12. The van der Waals surface area contributed by atoms with Gasteiger partial charge in [-0.05, 0) is 48.5 Å². The molecule has 27 heavy (non-hydrogen) atoms. The lowest BCUT2D eigenvalue weighted by Gasteiger charge is -2.09. The van der Waals surface area contributed by atoms with E-state index in [1.807, 2.05) is 12.1 Å². The second-order valence-corrected chi connectivity index (χ2v) is 5.87. The fourth-order valence-corrected chi connectivity index (χ4v) is 2.93. The van der Waals surface area contributed by atoms with E-state index >= 15 is 0 Å². The van der Waals surface area contributed by atoms with Gasteiger partial charge in [-0.2, -0.15) is 13.2 Å². The number of imidazole rings is 1. The van der Waals surface area contributed by atoms with Crippen LogP contribution >= 0.6 is 0 Å². The minimum absolute atomic E-state index is 0.0755. The first-order valence-electron chi connectivity index (χ1n) is 8.13. The predicted molar refractivity (Wildman–Crippen MR) is 95.4 cm³/mol. The minimum atomic E-state index is -4.58. The molecular weight excluding hydrogens is 355 g/mol. The maximum atomic E-state index is 13.6. The Balaban J connectivity index is 1.89. The highest BCUT2D eigenvalue weighted by Gasteiger charge is 2.38. The van der Waals surface area contributed by atoms with Gasteiger partial charge in [0.1, 0.15) is 17.1 Å². The van der Waals surface area contributed by atoms with Crippen LogP contribution in [-0.2, 0) is 6.18 Å². The molecule has 7 heteroatoms. The molecular formula is C20H14F3N3O. The summed E-state index contributed by atoms with van der Waals surface area (Å²) in [6.45, 7) is 0. The Hall–Kier alpha value is -3.35. The fraction of sp³-hybridized carbons (Fsp3) is 0.100. The number of pyridine rings is 2. The monoisotopic (exact) mass is 369 g/mol. The number of fused-ring (bicyclic) bond motifs is 1. The molecule has 0 aliphatic carbocycles. The standard InChI is InChI=1S/C20H14F3N3O/c1-27-14-10-8-13(9-11-14)15-5-4-6-16(24-15)18-19(20(21,22)23)25-17-7-2-3-12-26(17)18/h2-12H,1H3. The highest BCUT2D eigenvalue weighted by atomic mass is 19.4. The molecule has 4 rings (SSSR count). The summed E-state index contributed by atoms with van der Waals surface area (Å²) in [4.78, 5) is 8.23. The first-order chi connectivity index (χ1) is 13.0. The van der Waals surface area contributed by atoms with Crippen LogP contribution < -0.4 is 4.74 Å². The second kappa shape index (κ2) is 6.42. The van der Waals surface area contributed by atoms with E-state index in [0.29, 0.717) is 11.4 Å². The summed E-state index contributed by atoms with van der Waals surface area (Å²) in [5.41, 5.74) is 0.738. The number of nitrogens with zero attached hydrogens (tertiary/aromatic N) is 3. The Labute approximate surface area is 152 Å². The Morgan fingerprint density at radius 1 is 0.852 bits per heavy atom. The molecule has 0 amide bonds. The second-order valence-electron chi connectivity index (χ2n) is 5.87. The molecule has 3 heterocycles. The third-order valence-corrected chi connectivity index (χ3v) is 4.18. The molecule has 0 spiro atoms. The van der Waals surface area contributed by atoms with E-state index in [4.69, 9.17) is 4.74 Å². The van der Waals surface area contributed by atoms with Gasteiger partial charge in [0.2, 0.25) is 0 Å². The van der Waals surface area contributed by atoms with Crippen LogP contribution in [0, 0.1) is 0 Å². The van der Waals surface area contributed by atoms with Crippen molar-refractivity contribution < 1.29 is 17.9 Å². The van der Waals surface area contributed by atoms with Crippen molar-refractivity contribution in [2.45, 2.75) is 6.18 Å². The number of hydrogen-bond donors (Lipinski definition) is 0. The summed E-state index contributed by atoms with van der Waals surface area (Å²) < 4.78 is 47.2. The maximum Gasteiger partial charge on any atom is 0.435 e. The first-order valence-corrected chi connectivity index (χ1v) is 8.13. The Bertz CT molecular complexity index is 1100. The average molecular weight is 369 g/mol. The topological polar surface area (TPSA) is 39.4 Å². The van der Waals surface area contributed by atoms with E-state index in [1.54, 1.807) is 55.8 Å². The van der Waals surface area contributed by atoms with Gasteiger partial charge in [0.15, 0.2) is 5.69 Å². The number of halogens is 3. The van der Waals surface area contributed by atoms with Gasteiger partial charge >= 0.3 is 6.18 Å². The number of rotatable bonds is 3. The third-order valence-electron chi connectivity index (χ3n) is 4.18. The van der Waals surface area contributed by atoms with E-state index in [1.165, 1.54) is 10.5 Å². The summed E-state index contributed by atoms with van der Waals surface area (Å²) in [5, 5.41) is 0. The van der Waals surface area contributed by atoms with Crippen LogP contribution in [0.2, 0.25) is 0 Å². The molecule has 0 bridgehead atoms. The van der Waals surface area contributed by atoms with E-state index < -0.39 is 11.9 Å². The molecule has 0 saturated heterocycles. The van der Waals surface area contributed by atoms with Crippen molar-refractivity contribution in [2.75, 3.05) is 7.11 Å². The molecule has 3 aromatic heterocycles. The van der Waals surface area contributed by atoms with E-state index in [2.05, 4.69) is 9.97 Å². The van der Waals surface area contributed by atoms with Gasteiger partial charge in [0.25, 0.3) is 0 Å². The van der Waals surface area contributed by atoms with Crippen molar-refractivity contribution in [1.29, 1.82) is 0 Å². The molecule has 0 N–H and O–H groups in total. The van der Waals surface area contributed by atoms with E-state index in [-0.39, 0.29) is 17.0 Å². The summed E-state index contributed by atoms with van der Waals surface area (Å²) in [6, 6.07) is 17.0. The number of methoxy groups -OCH3 is 1. The zero-order chi connectivity index (χ0) is 19.0. The summed E-state index contributed by atoms with van der Waals surface area (Å²) >= 11 is 0. The molecule has 4 aromatic rings. The van der Waals surface area contributed by atoms with Crippen molar-refractivity contribution >= 4 is 5.65 Å². The highest BCUT2D eigenvalue weighted by Crippen LogP contribution is 2.37. The minimum Gasteiger partial charge on any atom is -0.497 e.